The molecule has 0 saturated carbocycles. The molecule has 1 rings (SSSR count). The van der Waals surface area contributed by atoms with Crippen LogP contribution < -0.4 is 0 Å². The zero-order valence-corrected chi connectivity index (χ0v) is 13.8. The SMILES string of the molecule is C=C[N+]([O-])=NCCCCCCCCn1cc(CCCC)nn1. The maximum absolute atomic E-state index is 10.8. The van der Waals surface area contributed by atoms with E-state index in [2.05, 4.69) is 35.1 Å². The lowest BCUT2D eigenvalue weighted by atomic mass is 10.1. The number of aromatic nitrogens is 3. The molecular formula is C16H29N5O. The number of hydrogen-bond donors (Lipinski definition) is 0. The minimum absolute atomic E-state index is 0.535. The fourth-order valence-electron chi connectivity index (χ4n) is 2.24. The quantitative estimate of drug-likeness (QED) is 0.239. The molecular weight excluding hydrogens is 278 g/mol. The highest BCUT2D eigenvalue weighted by Gasteiger charge is 2.00. The van der Waals surface area contributed by atoms with Crippen molar-refractivity contribution in [3.8, 4) is 0 Å². The van der Waals surface area contributed by atoms with E-state index < -0.39 is 0 Å². The Bertz CT molecular complexity index is 441. The first-order valence-electron chi connectivity index (χ1n) is 8.41. The minimum Gasteiger partial charge on any atom is -0.595 e. The predicted octanol–water partition coefficient (Wildman–Crippen LogP) is 4.07. The van der Waals surface area contributed by atoms with Gasteiger partial charge in [0.15, 0.2) is 0 Å². The van der Waals surface area contributed by atoms with Crippen LogP contribution in [0.4, 0.5) is 0 Å². The Labute approximate surface area is 133 Å². The van der Waals surface area contributed by atoms with Crippen LogP contribution >= 0.6 is 0 Å². The van der Waals surface area contributed by atoms with Gasteiger partial charge in [-0.15, -0.1) is 5.10 Å². The first kappa shape index (κ1) is 18.3. The molecule has 0 N–H and O–H groups in total. The van der Waals surface area contributed by atoms with Crippen LogP contribution in [0.3, 0.4) is 0 Å². The second kappa shape index (κ2) is 11.9. The molecule has 1 aromatic heterocycles. The van der Waals surface area contributed by atoms with Crippen LogP contribution in [-0.4, -0.2) is 26.4 Å². The van der Waals surface area contributed by atoms with Gasteiger partial charge < -0.3 is 5.21 Å². The average Bonchev–Trinajstić information content (AvgIpc) is 2.98. The lowest BCUT2D eigenvalue weighted by molar-refractivity contribution is -0.458. The zero-order valence-electron chi connectivity index (χ0n) is 13.8. The van der Waals surface area contributed by atoms with Gasteiger partial charge in [0.25, 0.3) is 0 Å². The number of hydrogen-bond acceptors (Lipinski definition) is 4. The second-order valence-electron chi connectivity index (χ2n) is 5.55. The molecule has 0 aromatic carbocycles. The molecule has 0 bridgehead atoms. The van der Waals surface area contributed by atoms with Gasteiger partial charge in [0.05, 0.1) is 5.69 Å². The summed E-state index contributed by atoms with van der Waals surface area (Å²) in [5.74, 6) is 0. The van der Waals surface area contributed by atoms with Crippen molar-refractivity contribution in [3.63, 3.8) is 0 Å². The summed E-state index contributed by atoms with van der Waals surface area (Å²) in [7, 11) is 0. The fraction of sp³-hybridized carbons (Fsp3) is 0.750. The summed E-state index contributed by atoms with van der Waals surface area (Å²) < 4.78 is 1.96. The van der Waals surface area contributed by atoms with Crippen molar-refractivity contribution >= 4 is 0 Å². The van der Waals surface area contributed by atoms with Crippen LogP contribution in [-0.2, 0) is 13.0 Å². The van der Waals surface area contributed by atoms with E-state index in [1.165, 1.54) is 38.3 Å². The van der Waals surface area contributed by atoms with Gasteiger partial charge in [0.1, 0.15) is 6.54 Å². The van der Waals surface area contributed by atoms with Crippen molar-refractivity contribution in [1.82, 2.24) is 15.0 Å². The van der Waals surface area contributed by atoms with E-state index in [4.69, 9.17) is 0 Å². The minimum atomic E-state index is 0.535. The molecule has 0 fully saturated rings. The molecule has 1 aromatic rings. The highest BCUT2D eigenvalue weighted by Crippen LogP contribution is 2.07. The Morgan fingerprint density at radius 3 is 2.68 bits per heavy atom. The monoisotopic (exact) mass is 307 g/mol. The van der Waals surface area contributed by atoms with Crippen molar-refractivity contribution in [3.05, 3.63) is 29.9 Å². The zero-order chi connectivity index (χ0) is 16.0. The Kier molecular flexibility index (Phi) is 9.90. The fourth-order valence-corrected chi connectivity index (χ4v) is 2.24. The lowest BCUT2D eigenvalue weighted by Crippen LogP contribution is -1.98. The van der Waals surface area contributed by atoms with Crippen LogP contribution in [0.5, 0.6) is 0 Å². The highest BCUT2D eigenvalue weighted by atomic mass is 16.5. The van der Waals surface area contributed by atoms with Crippen LogP contribution in [0, 0.1) is 5.21 Å². The standard InChI is InChI=1S/C16H29N5O/c1-3-5-12-16-15-20(19-18-16)14-11-9-7-6-8-10-13-17-21(22)4-2/h4,15H,2-3,5-14H2,1H3. The first-order valence-corrected chi connectivity index (χ1v) is 8.41. The number of hydroxylamine groups is 1. The first-order chi connectivity index (χ1) is 10.8. The van der Waals surface area contributed by atoms with Crippen LogP contribution in [0.15, 0.2) is 24.1 Å². The summed E-state index contributed by atoms with van der Waals surface area (Å²) in [5.41, 5.74) is 1.11. The number of unbranched alkanes of at least 4 members (excludes halogenated alkanes) is 6. The highest BCUT2D eigenvalue weighted by molar-refractivity contribution is 4.91. The number of rotatable bonds is 13. The summed E-state index contributed by atoms with van der Waals surface area (Å²) >= 11 is 0. The largest absolute Gasteiger partial charge is 0.595 e. The molecule has 0 saturated heterocycles. The van der Waals surface area contributed by atoms with Gasteiger partial charge in [-0.1, -0.05) is 49.1 Å². The molecule has 6 nitrogen and oxygen atoms in total. The summed E-state index contributed by atoms with van der Waals surface area (Å²) in [6.45, 7) is 7.10. The second-order valence-corrected chi connectivity index (χ2v) is 5.55. The topological polar surface area (TPSA) is 69.1 Å². The van der Waals surface area contributed by atoms with Gasteiger partial charge in [-0.25, -0.2) is 0 Å². The van der Waals surface area contributed by atoms with E-state index in [1.807, 2.05) is 4.68 Å². The molecule has 0 unspecified atom stereocenters. The maximum Gasteiger partial charge on any atom is 0.202 e. The third-order valence-electron chi connectivity index (χ3n) is 3.56. The Hall–Kier alpha value is -1.72. The van der Waals surface area contributed by atoms with Crippen molar-refractivity contribution < 1.29 is 4.86 Å². The Morgan fingerprint density at radius 2 is 1.95 bits per heavy atom. The van der Waals surface area contributed by atoms with Gasteiger partial charge in [0, 0.05) is 12.7 Å². The van der Waals surface area contributed by atoms with Gasteiger partial charge in [-0.2, -0.15) is 0 Å². The molecule has 0 aliphatic heterocycles. The summed E-state index contributed by atoms with van der Waals surface area (Å²) in [4.78, 5) is 0.535. The van der Waals surface area contributed by atoms with Crippen molar-refractivity contribution in [2.75, 3.05) is 6.54 Å². The molecule has 0 atom stereocenters. The molecule has 22 heavy (non-hydrogen) atoms. The molecule has 6 heteroatoms. The Morgan fingerprint density at radius 1 is 1.23 bits per heavy atom. The normalized spacial score (nSPS) is 11.8. The lowest BCUT2D eigenvalue weighted by Gasteiger charge is -2.01. The predicted molar refractivity (Wildman–Crippen MR) is 87.5 cm³/mol. The maximum atomic E-state index is 10.8. The van der Waals surface area contributed by atoms with Crippen LogP contribution in [0.25, 0.3) is 0 Å². The van der Waals surface area contributed by atoms with Gasteiger partial charge in [0.2, 0.25) is 6.20 Å². The van der Waals surface area contributed by atoms with Crippen LogP contribution in [0.2, 0.25) is 0 Å². The third-order valence-corrected chi connectivity index (χ3v) is 3.56. The van der Waals surface area contributed by atoms with E-state index in [1.54, 1.807) is 0 Å². The van der Waals surface area contributed by atoms with E-state index in [-0.39, 0.29) is 0 Å². The van der Waals surface area contributed by atoms with Gasteiger partial charge >= 0.3 is 0 Å². The molecule has 0 radical (unpaired) electrons. The van der Waals surface area contributed by atoms with E-state index in [0.29, 0.717) is 11.4 Å². The van der Waals surface area contributed by atoms with Crippen molar-refractivity contribution in [1.29, 1.82) is 0 Å². The van der Waals surface area contributed by atoms with Crippen molar-refractivity contribution in [2.45, 2.75) is 71.3 Å². The third kappa shape index (κ3) is 8.54. The number of azo groups is 1. The number of aryl methyl sites for hydroxylation is 2. The Balaban J connectivity index is 1.97. The van der Waals surface area contributed by atoms with Crippen molar-refractivity contribution in [2.24, 2.45) is 5.11 Å². The summed E-state index contributed by atoms with van der Waals surface area (Å²) in [6, 6.07) is 0. The molecule has 0 aliphatic rings. The molecule has 0 aliphatic carbocycles. The molecule has 124 valence electrons. The molecule has 0 spiro atoms. The van der Waals surface area contributed by atoms with Crippen LogP contribution in [0.1, 0.15) is 64.0 Å². The van der Waals surface area contributed by atoms with Gasteiger partial charge in [-0.3, -0.25) is 4.68 Å². The molecule has 0 amide bonds. The van der Waals surface area contributed by atoms with E-state index >= 15 is 0 Å². The van der Waals surface area contributed by atoms with E-state index in [9.17, 15) is 5.21 Å². The number of nitrogens with zero attached hydrogens (tertiary/aromatic N) is 5. The summed E-state index contributed by atoms with van der Waals surface area (Å²) in [5, 5.41) is 22.9. The average molecular weight is 307 g/mol. The summed E-state index contributed by atoms with van der Waals surface area (Å²) in [6.07, 6.45) is 13.5. The smallest absolute Gasteiger partial charge is 0.202 e. The van der Waals surface area contributed by atoms with E-state index in [0.717, 1.165) is 37.9 Å². The van der Waals surface area contributed by atoms with Gasteiger partial charge in [-0.05, 0) is 37.4 Å². The molecule has 1 heterocycles.